The summed E-state index contributed by atoms with van der Waals surface area (Å²) in [4.78, 5) is 50.5. The van der Waals surface area contributed by atoms with E-state index in [1.807, 2.05) is 20.1 Å². The van der Waals surface area contributed by atoms with E-state index in [0.29, 0.717) is 17.7 Å². The molecule has 0 spiro atoms. The molecule has 0 aliphatic heterocycles. The van der Waals surface area contributed by atoms with Gasteiger partial charge in [-0.25, -0.2) is 4.79 Å². The molecule has 10 nitrogen and oxygen atoms in total. The number of aromatic hydroxyl groups is 1. The molecule has 0 aliphatic carbocycles. The smallest absolute Gasteiger partial charge is 0.326 e. The lowest BCUT2D eigenvalue weighted by Gasteiger charge is -2.27. The Morgan fingerprint density at radius 2 is 1.50 bits per heavy atom. The first-order chi connectivity index (χ1) is 16.8. The van der Waals surface area contributed by atoms with Crippen LogP contribution in [0.25, 0.3) is 0 Å². The Bertz CT molecular complexity index is 878. The van der Waals surface area contributed by atoms with Crippen LogP contribution < -0.4 is 21.7 Å². The van der Waals surface area contributed by atoms with Crippen LogP contribution >= 0.6 is 11.8 Å². The number of phenols is 1. The number of carboxylic acids is 1. The Labute approximate surface area is 217 Å². The van der Waals surface area contributed by atoms with Gasteiger partial charge in [-0.3, -0.25) is 14.4 Å². The van der Waals surface area contributed by atoms with E-state index < -0.39 is 47.9 Å². The number of carbonyl (C=O) groups is 4. The van der Waals surface area contributed by atoms with Gasteiger partial charge in [-0.2, -0.15) is 11.8 Å². The Hall–Kier alpha value is -2.79. The summed E-state index contributed by atoms with van der Waals surface area (Å²) in [6.07, 6.45) is 2.57. The van der Waals surface area contributed by atoms with Crippen molar-refractivity contribution in [2.45, 2.75) is 71.1 Å². The monoisotopic (exact) mass is 524 g/mol. The van der Waals surface area contributed by atoms with Crippen LogP contribution in [0.5, 0.6) is 5.75 Å². The second kappa shape index (κ2) is 15.4. The largest absolute Gasteiger partial charge is 0.508 e. The Morgan fingerprint density at radius 3 is 2.00 bits per heavy atom. The third kappa shape index (κ3) is 10.9. The maximum atomic E-state index is 13.2. The number of phenolic OH excluding ortho intramolecular Hbond substituents is 1. The molecule has 0 fully saturated rings. The molecule has 7 N–H and O–H groups in total. The van der Waals surface area contributed by atoms with Crippen LogP contribution in [0.4, 0.5) is 0 Å². The van der Waals surface area contributed by atoms with Crippen molar-refractivity contribution in [1.82, 2.24) is 16.0 Å². The van der Waals surface area contributed by atoms with Crippen LogP contribution in [0, 0.1) is 11.8 Å². The summed E-state index contributed by atoms with van der Waals surface area (Å²) in [5.41, 5.74) is 6.61. The number of hydrogen-bond acceptors (Lipinski definition) is 7. The van der Waals surface area contributed by atoms with Gasteiger partial charge in [0, 0.05) is 6.42 Å². The van der Waals surface area contributed by atoms with E-state index in [0.717, 1.165) is 0 Å². The van der Waals surface area contributed by atoms with Crippen molar-refractivity contribution in [3.8, 4) is 5.75 Å². The molecule has 1 rings (SSSR count). The summed E-state index contributed by atoms with van der Waals surface area (Å²) in [7, 11) is 0. The van der Waals surface area contributed by atoms with E-state index in [-0.39, 0.29) is 30.4 Å². The first-order valence-electron chi connectivity index (χ1n) is 12.0. The zero-order valence-electron chi connectivity index (χ0n) is 21.6. The molecule has 0 heterocycles. The summed E-state index contributed by atoms with van der Waals surface area (Å²) in [5.74, 6) is -2.38. The third-order valence-corrected chi connectivity index (χ3v) is 6.19. The van der Waals surface area contributed by atoms with Gasteiger partial charge in [0.05, 0.1) is 6.04 Å². The van der Waals surface area contributed by atoms with Crippen LogP contribution in [0.3, 0.4) is 0 Å². The maximum absolute atomic E-state index is 13.2. The molecule has 0 saturated heterocycles. The average Bonchev–Trinajstić information content (AvgIpc) is 2.79. The molecule has 4 unspecified atom stereocenters. The van der Waals surface area contributed by atoms with Gasteiger partial charge in [-0.15, -0.1) is 0 Å². The summed E-state index contributed by atoms with van der Waals surface area (Å²) in [6, 6.07) is 2.18. The van der Waals surface area contributed by atoms with Crippen molar-refractivity contribution >= 4 is 35.5 Å². The number of carboxylic acid groups (broad SMARTS) is 1. The van der Waals surface area contributed by atoms with Crippen LogP contribution in [0.2, 0.25) is 0 Å². The number of benzene rings is 1. The minimum atomic E-state index is -1.17. The van der Waals surface area contributed by atoms with Crippen molar-refractivity contribution in [1.29, 1.82) is 0 Å². The van der Waals surface area contributed by atoms with E-state index in [4.69, 9.17) is 5.73 Å². The lowest BCUT2D eigenvalue weighted by Crippen LogP contribution is -2.59. The molecule has 0 saturated carbocycles. The fourth-order valence-electron chi connectivity index (χ4n) is 3.51. The lowest BCUT2D eigenvalue weighted by molar-refractivity contribution is -0.142. The van der Waals surface area contributed by atoms with Gasteiger partial charge < -0.3 is 31.9 Å². The maximum Gasteiger partial charge on any atom is 0.326 e. The quantitative estimate of drug-likeness (QED) is 0.199. The summed E-state index contributed by atoms with van der Waals surface area (Å²) >= 11 is 1.46. The summed E-state index contributed by atoms with van der Waals surface area (Å²) < 4.78 is 0. The fraction of sp³-hybridized carbons (Fsp3) is 0.600. The molecule has 0 radical (unpaired) electrons. The molecule has 3 amide bonds. The molecule has 0 bridgehead atoms. The van der Waals surface area contributed by atoms with Crippen LogP contribution in [0.1, 0.15) is 46.1 Å². The first kappa shape index (κ1) is 31.2. The number of carbonyl (C=O) groups excluding carboxylic acids is 3. The van der Waals surface area contributed by atoms with Gasteiger partial charge in [0.25, 0.3) is 0 Å². The molecule has 1 aromatic rings. The zero-order chi connectivity index (χ0) is 27.4. The number of amides is 3. The standard InChI is InChI=1S/C25H40N4O6S/c1-14(2)12-18(26)22(31)29-21(15(3)4)24(33)28-20(13-16-6-8-17(30)9-7-16)23(32)27-19(25(34)35)10-11-36-5/h6-9,14-15,18-21,30H,10-13,26H2,1-5H3,(H,27,32)(H,28,33)(H,29,31)(H,34,35). The Morgan fingerprint density at radius 1 is 0.917 bits per heavy atom. The molecule has 0 aromatic heterocycles. The van der Waals surface area contributed by atoms with Crippen molar-refractivity contribution in [3.63, 3.8) is 0 Å². The van der Waals surface area contributed by atoms with Gasteiger partial charge in [0.2, 0.25) is 17.7 Å². The van der Waals surface area contributed by atoms with E-state index in [1.165, 1.54) is 23.9 Å². The van der Waals surface area contributed by atoms with E-state index >= 15 is 0 Å². The molecule has 4 atom stereocenters. The summed E-state index contributed by atoms with van der Waals surface area (Å²) in [6.45, 7) is 7.40. The highest BCUT2D eigenvalue weighted by atomic mass is 32.2. The number of nitrogens with two attached hydrogens (primary N) is 1. The van der Waals surface area contributed by atoms with Gasteiger partial charge in [-0.1, -0.05) is 39.8 Å². The average molecular weight is 525 g/mol. The molecular formula is C25H40N4O6S. The van der Waals surface area contributed by atoms with Crippen molar-refractivity contribution in [2.75, 3.05) is 12.0 Å². The highest BCUT2D eigenvalue weighted by Gasteiger charge is 2.32. The molecule has 36 heavy (non-hydrogen) atoms. The SMILES string of the molecule is CSCCC(NC(=O)C(Cc1ccc(O)cc1)NC(=O)C(NC(=O)C(N)CC(C)C)C(C)C)C(=O)O. The Balaban J connectivity index is 3.10. The van der Waals surface area contributed by atoms with E-state index in [9.17, 15) is 29.4 Å². The first-order valence-corrected chi connectivity index (χ1v) is 13.4. The van der Waals surface area contributed by atoms with Crippen molar-refractivity contribution < 1.29 is 29.4 Å². The normalized spacial score (nSPS) is 14.6. The van der Waals surface area contributed by atoms with Crippen LogP contribution in [0.15, 0.2) is 24.3 Å². The predicted molar refractivity (Wildman–Crippen MR) is 141 cm³/mol. The number of aliphatic carboxylic acids is 1. The van der Waals surface area contributed by atoms with Crippen LogP contribution in [-0.4, -0.2) is 70.1 Å². The number of hydrogen-bond donors (Lipinski definition) is 6. The number of thioether (sulfide) groups is 1. The van der Waals surface area contributed by atoms with Crippen LogP contribution in [-0.2, 0) is 25.6 Å². The minimum Gasteiger partial charge on any atom is -0.508 e. The fourth-order valence-corrected chi connectivity index (χ4v) is 3.99. The van der Waals surface area contributed by atoms with Gasteiger partial charge in [-0.05, 0) is 54.4 Å². The lowest BCUT2D eigenvalue weighted by atomic mass is 9.99. The third-order valence-electron chi connectivity index (χ3n) is 5.54. The highest BCUT2D eigenvalue weighted by molar-refractivity contribution is 7.98. The van der Waals surface area contributed by atoms with Gasteiger partial charge in [0.1, 0.15) is 23.9 Å². The summed E-state index contributed by atoms with van der Waals surface area (Å²) in [5, 5.41) is 26.9. The molecule has 0 aliphatic rings. The molecule has 11 heteroatoms. The Kier molecular flexibility index (Phi) is 13.3. The second-order valence-corrected chi connectivity index (χ2v) is 10.6. The molecular weight excluding hydrogens is 484 g/mol. The second-order valence-electron chi connectivity index (χ2n) is 9.58. The van der Waals surface area contributed by atoms with Gasteiger partial charge >= 0.3 is 5.97 Å². The molecule has 202 valence electrons. The zero-order valence-corrected chi connectivity index (χ0v) is 22.4. The van der Waals surface area contributed by atoms with Gasteiger partial charge in [0.15, 0.2) is 0 Å². The highest BCUT2D eigenvalue weighted by Crippen LogP contribution is 2.13. The van der Waals surface area contributed by atoms with Crippen molar-refractivity contribution in [3.05, 3.63) is 29.8 Å². The predicted octanol–water partition coefficient (Wildman–Crippen LogP) is 1.26. The van der Waals surface area contributed by atoms with E-state index in [2.05, 4.69) is 16.0 Å². The van der Waals surface area contributed by atoms with Crippen molar-refractivity contribution in [2.24, 2.45) is 17.6 Å². The topological polar surface area (TPSA) is 171 Å². The molecule has 1 aromatic carbocycles. The number of rotatable bonds is 15. The minimum absolute atomic E-state index is 0.0483. The van der Waals surface area contributed by atoms with E-state index in [1.54, 1.807) is 26.0 Å². The number of nitrogens with one attached hydrogen (secondary N) is 3.